The molecule has 0 atom stereocenters. The Balaban J connectivity index is 1.92. The summed E-state index contributed by atoms with van der Waals surface area (Å²) in [5.41, 5.74) is 1.76. The highest BCUT2D eigenvalue weighted by Gasteiger charge is 2.18. The van der Waals surface area contributed by atoms with E-state index in [1.165, 1.54) is 19.3 Å². The van der Waals surface area contributed by atoms with Crippen molar-refractivity contribution in [1.29, 1.82) is 0 Å². The number of aromatic hydroxyl groups is 1. The zero-order valence-corrected chi connectivity index (χ0v) is 10.8. The Labute approximate surface area is 111 Å². The van der Waals surface area contributed by atoms with E-state index in [0.29, 0.717) is 5.92 Å². The lowest BCUT2D eigenvalue weighted by molar-refractivity contribution is 0.435. The van der Waals surface area contributed by atoms with E-state index in [-0.39, 0.29) is 11.3 Å². The number of benzene rings is 1. The average Bonchev–Trinajstić information content (AvgIpc) is 2.83. The van der Waals surface area contributed by atoms with Gasteiger partial charge in [0, 0.05) is 17.7 Å². The summed E-state index contributed by atoms with van der Waals surface area (Å²) < 4.78 is 1.55. The highest BCUT2D eigenvalue weighted by molar-refractivity contribution is 5.36. The number of nitrogens with zero attached hydrogens (tertiary/aromatic N) is 1. The molecule has 1 fully saturated rings. The Morgan fingerprint density at radius 2 is 1.79 bits per heavy atom. The second-order valence-corrected chi connectivity index (χ2v) is 5.24. The molecule has 2 aromatic rings. The van der Waals surface area contributed by atoms with Crippen LogP contribution in [0.1, 0.15) is 43.7 Å². The van der Waals surface area contributed by atoms with Crippen molar-refractivity contribution >= 4 is 0 Å². The van der Waals surface area contributed by atoms with E-state index in [4.69, 9.17) is 0 Å². The SMILES string of the molecule is O=c1cc(C2CCCCC2)[nH]n1-c1ccc(O)cc1. The molecule has 0 bridgehead atoms. The van der Waals surface area contributed by atoms with E-state index in [2.05, 4.69) is 5.10 Å². The van der Waals surface area contributed by atoms with Crippen molar-refractivity contribution in [2.75, 3.05) is 0 Å². The van der Waals surface area contributed by atoms with E-state index in [9.17, 15) is 9.90 Å². The number of phenolic OH excluding ortho intramolecular Hbond substituents is 1. The Kier molecular flexibility index (Phi) is 3.15. The average molecular weight is 258 g/mol. The van der Waals surface area contributed by atoms with Gasteiger partial charge in [-0.2, -0.15) is 0 Å². The van der Waals surface area contributed by atoms with Crippen molar-refractivity contribution in [2.45, 2.75) is 38.0 Å². The Morgan fingerprint density at radius 3 is 2.47 bits per heavy atom. The van der Waals surface area contributed by atoms with Gasteiger partial charge >= 0.3 is 0 Å². The van der Waals surface area contributed by atoms with Crippen LogP contribution in [0.2, 0.25) is 0 Å². The Bertz CT molecular complexity index is 604. The monoisotopic (exact) mass is 258 g/mol. The van der Waals surface area contributed by atoms with Gasteiger partial charge in [0.1, 0.15) is 5.75 Å². The predicted octanol–water partition coefficient (Wildman–Crippen LogP) is 2.92. The molecule has 0 aliphatic heterocycles. The highest BCUT2D eigenvalue weighted by Crippen LogP contribution is 2.31. The molecule has 1 aliphatic rings. The molecule has 4 nitrogen and oxygen atoms in total. The maximum atomic E-state index is 12.0. The molecule has 0 saturated heterocycles. The van der Waals surface area contributed by atoms with Crippen LogP contribution in [0.4, 0.5) is 0 Å². The van der Waals surface area contributed by atoms with E-state index in [0.717, 1.165) is 24.2 Å². The fraction of sp³-hybridized carbons (Fsp3) is 0.400. The van der Waals surface area contributed by atoms with Gasteiger partial charge in [-0.1, -0.05) is 19.3 Å². The summed E-state index contributed by atoms with van der Waals surface area (Å²) in [7, 11) is 0. The van der Waals surface area contributed by atoms with Gasteiger partial charge in [-0.25, -0.2) is 4.68 Å². The number of aromatic amines is 1. The number of phenols is 1. The van der Waals surface area contributed by atoms with Crippen LogP contribution in [0.5, 0.6) is 5.75 Å². The standard InChI is InChI=1S/C15H18N2O2/c18-13-8-6-12(7-9-13)17-15(19)10-14(16-17)11-4-2-1-3-5-11/h6-11,16,18H,1-5H2. The summed E-state index contributed by atoms with van der Waals surface area (Å²) in [4.78, 5) is 12.0. The van der Waals surface area contributed by atoms with E-state index < -0.39 is 0 Å². The number of hydrogen-bond acceptors (Lipinski definition) is 2. The predicted molar refractivity (Wildman–Crippen MR) is 73.9 cm³/mol. The molecule has 0 spiro atoms. The third-order valence-corrected chi connectivity index (χ3v) is 3.89. The van der Waals surface area contributed by atoms with Crippen molar-refractivity contribution in [3.05, 3.63) is 46.4 Å². The lowest BCUT2D eigenvalue weighted by Gasteiger charge is -2.19. The van der Waals surface area contributed by atoms with Crippen LogP contribution in [0.15, 0.2) is 35.1 Å². The van der Waals surface area contributed by atoms with Crippen LogP contribution >= 0.6 is 0 Å². The van der Waals surface area contributed by atoms with Crippen molar-refractivity contribution in [3.8, 4) is 11.4 Å². The topological polar surface area (TPSA) is 58.0 Å². The molecule has 2 N–H and O–H groups in total. The third kappa shape index (κ3) is 2.43. The smallest absolute Gasteiger partial charge is 0.271 e. The summed E-state index contributed by atoms with van der Waals surface area (Å²) in [6.07, 6.45) is 6.12. The van der Waals surface area contributed by atoms with E-state index in [1.54, 1.807) is 35.0 Å². The summed E-state index contributed by atoms with van der Waals surface area (Å²) in [6.45, 7) is 0. The minimum absolute atomic E-state index is 0.0359. The second kappa shape index (κ2) is 4.96. The van der Waals surface area contributed by atoms with Crippen LogP contribution in [0.3, 0.4) is 0 Å². The zero-order valence-electron chi connectivity index (χ0n) is 10.8. The summed E-state index contributed by atoms with van der Waals surface area (Å²) in [6, 6.07) is 8.35. The van der Waals surface area contributed by atoms with Gasteiger partial charge in [-0.3, -0.25) is 9.89 Å². The Hall–Kier alpha value is -1.97. The van der Waals surface area contributed by atoms with Gasteiger partial charge < -0.3 is 5.11 Å². The number of nitrogens with one attached hydrogen (secondary N) is 1. The molecule has 100 valence electrons. The lowest BCUT2D eigenvalue weighted by Crippen LogP contribution is -2.13. The quantitative estimate of drug-likeness (QED) is 0.870. The van der Waals surface area contributed by atoms with Gasteiger partial charge in [-0.05, 0) is 37.1 Å². The van der Waals surface area contributed by atoms with Crippen molar-refractivity contribution in [3.63, 3.8) is 0 Å². The number of rotatable bonds is 2. The van der Waals surface area contributed by atoms with Crippen molar-refractivity contribution < 1.29 is 5.11 Å². The van der Waals surface area contributed by atoms with Crippen molar-refractivity contribution in [2.24, 2.45) is 0 Å². The molecule has 0 radical (unpaired) electrons. The van der Waals surface area contributed by atoms with E-state index >= 15 is 0 Å². The molecule has 3 rings (SSSR count). The summed E-state index contributed by atoms with van der Waals surface area (Å²) in [5, 5.41) is 12.5. The molecule has 1 aliphatic carbocycles. The maximum absolute atomic E-state index is 12.0. The third-order valence-electron chi connectivity index (χ3n) is 3.89. The fourth-order valence-electron chi connectivity index (χ4n) is 2.83. The first-order valence-corrected chi connectivity index (χ1v) is 6.85. The van der Waals surface area contributed by atoms with E-state index in [1.807, 2.05) is 0 Å². The first-order chi connectivity index (χ1) is 9.24. The van der Waals surface area contributed by atoms with Gasteiger partial charge in [0.15, 0.2) is 0 Å². The molecular formula is C15H18N2O2. The van der Waals surface area contributed by atoms with Crippen LogP contribution in [0.25, 0.3) is 5.69 Å². The first kappa shape index (κ1) is 12.1. The number of hydrogen-bond donors (Lipinski definition) is 2. The lowest BCUT2D eigenvalue weighted by atomic mass is 9.87. The summed E-state index contributed by atoms with van der Waals surface area (Å²) >= 11 is 0. The first-order valence-electron chi connectivity index (χ1n) is 6.85. The molecule has 1 aromatic carbocycles. The molecule has 0 unspecified atom stereocenters. The Morgan fingerprint density at radius 1 is 1.11 bits per heavy atom. The summed E-state index contributed by atoms with van der Waals surface area (Å²) in [5.74, 6) is 0.690. The van der Waals surface area contributed by atoms with Crippen LogP contribution < -0.4 is 5.56 Å². The minimum Gasteiger partial charge on any atom is -0.508 e. The van der Waals surface area contributed by atoms with Gasteiger partial charge in [0.25, 0.3) is 5.56 Å². The van der Waals surface area contributed by atoms with Crippen LogP contribution in [0, 0.1) is 0 Å². The van der Waals surface area contributed by atoms with Crippen LogP contribution in [-0.2, 0) is 0 Å². The molecule has 19 heavy (non-hydrogen) atoms. The number of aromatic nitrogens is 2. The molecule has 4 heteroatoms. The molecule has 1 saturated carbocycles. The van der Waals surface area contributed by atoms with Crippen LogP contribution in [-0.4, -0.2) is 14.9 Å². The minimum atomic E-state index is -0.0359. The second-order valence-electron chi connectivity index (χ2n) is 5.24. The van der Waals surface area contributed by atoms with Gasteiger partial charge in [0.05, 0.1) is 5.69 Å². The zero-order chi connectivity index (χ0) is 13.2. The highest BCUT2D eigenvalue weighted by atomic mass is 16.3. The maximum Gasteiger partial charge on any atom is 0.271 e. The largest absolute Gasteiger partial charge is 0.508 e. The van der Waals surface area contributed by atoms with Gasteiger partial charge in [0.2, 0.25) is 0 Å². The van der Waals surface area contributed by atoms with Crippen molar-refractivity contribution in [1.82, 2.24) is 9.78 Å². The molecular weight excluding hydrogens is 240 g/mol. The molecule has 1 heterocycles. The number of H-pyrrole nitrogens is 1. The fourth-order valence-corrected chi connectivity index (χ4v) is 2.83. The normalized spacial score (nSPS) is 16.6. The molecule has 0 amide bonds. The van der Waals surface area contributed by atoms with Gasteiger partial charge in [-0.15, -0.1) is 0 Å². The molecule has 1 aromatic heterocycles.